The van der Waals surface area contributed by atoms with E-state index in [9.17, 15) is 4.79 Å². The predicted molar refractivity (Wildman–Crippen MR) is 66.3 cm³/mol. The second-order valence-corrected chi connectivity index (χ2v) is 5.89. The predicted octanol–water partition coefficient (Wildman–Crippen LogP) is 2.11. The van der Waals surface area contributed by atoms with E-state index in [0.29, 0.717) is 4.43 Å². The Kier molecular flexibility index (Phi) is 3.46. The van der Waals surface area contributed by atoms with Gasteiger partial charge >= 0.3 is 0 Å². The highest BCUT2D eigenvalue weighted by Gasteiger charge is 2.45. The number of alkyl halides is 1. The summed E-state index contributed by atoms with van der Waals surface area (Å²) >= 11 is 2.08. The quantitative estimate of drug-likeness (QED) is 0.626. The Morgan fingerprint density at radius 3 is 2.07 bits per heavy atom. The van der Waals surface area contributed by atoms with Crippen LogP contribution in [-0.2, 0) is 4.79 Å². The maximum atomic E-state index is 11.4. The molecule has 0 bridgehead atoms. The average molecular weight is 310 g/mol. The fourth-order valence-corrected chi connectivity index (χ4v) is 2.28. The lowest BCUT2D eigenvalue weighted by molar-refractivity contribution is -0.128. The summed E-state index contributed by atoms with van der Waals surface area (Å²) in [7, 11) is 0. The van der Waals surface area contributed by atoms with Crippen molar-refractivity contribution in [1.82, 2.24) is 10.4 Å². The molecule has 0 radical (unpaired) electrons. The molecule has 1 aliphatic heterocycles. The van der Waals surface area contributed by atoms with Crippen LogP contribution >= 0.6 is 22.6 Å². The molecule has 0 atom stereocenters. The van der Waals surface area contributed by atoms with E-state index in [1.165, 1.54) is 0 Å². The zero-order valence-corrected chi connectivity index (χ0v) is 11.5. The first-order chi connectivity index (χ1) is 6.29. The minimum absolute atomic E-state index is 0.0744. The summed E-state index contributed by atoms with van der Waals surface area (Å²) in [6.07, 6.45) is 2.25. The van der Waals surface area contributed by atoms with Gasteiger partial charge < -0.3 is 0 Å². The second kappa shape index (κ2) is 3.96. The molecule has 82 valence electrons. The minimum atomic E-state index is 0.0744. The number of rotatable bonds is 2. The van der Waals surface area contributed by atoms with Gasteiger partial charge in [0, 0.05) is 11.1 Å². The van der Waals surface area contributed by atoms with Crippen molar-refractivity contribution < 1.29 is 4.79 Å². The maximum Gasteiger partial charge on any atom is 0.244 e. The molecule has 1 fully saturated rings. The summed E-state index contributed by atoms with van der Waals surface area (Å²) in [6, 6.07) is 0. The van der Waals surface area contributed by atoms with Crippen molar-refractivity contribution in [3.8, 4) is 0 Å². The molecule has 4 heteroatoms. The Hall–Kier alpha value is 0.160. The third kappa shape index (κ3) is 2.39. The van der Waals surface area contributed by atoms with E-state index in [4.69, 9.17) is 0 Å². The molecule has 0 spiro atoms. The van der Waals surface area contributed by atoms with Crippen LogP contribution in [0.25, 0.3) is 0 Å². The lowest BCUT2D eigenvalue weighted by Gasteiger charge is -2.40. The number of amides is 1. The van der Waals surface area contributed by atoms with Crippen LogP contribution in [0.2, 0.25) is 0 Å². The fourth-order valence-electron chi connectivity index (χ4n) is 2.11. The van der Waals surface area contributed by atoms with Crippen molar-refractivity contribution in [2.75, 3.05) is 4.43 Å². The molecule has 0 unspecified atom stereocenters. The first-order valence-corrected chi connectivity index (χ1v) is 6.48. The highest BCUT2D eigenvalue weighted by atomic mass is 127. The Bertz CT molecular complexity index is 222. The van der Waals surface area contributed by atoms with Gasteiger partial charge in [-0.05, 0) is 40.5 Å². The Morgan fingerprint density at radius 2 is 1.71 bits per heavy atom. The van der Waals surface area contributed by atoms with Crippen LogP contribution in [0.3, 0.4) is 0 Å². The molecule has 1 aliphatic rings. The van der Waals surface area contributed by atoms with Crippen LogP contribution in [0.4, 0.5) is 0 Å². The zero-order valence-electron chi connectivity index (χ0n) is 9.35. The number of nitrogens with zero attached hydrogens (tertiary/aromatic N) is 1. The molecule has 1 heterocycles. The van der Waals surface area contributed by atoms with Gasteiger partial charge in [-0.1, -0.05) is 22.6 Å². The number of carbonyl (C=O) groups is 1. The lowest BCUT2D eigenvalue weighted by Crippen LogP contribution is -2.58. The van der Waals surface area contributed by atoms with Crippen LogP contribution in [0.1, 0.15) is 40.5 Å². The zero-order chi connectivity index (χ0) is 11.0. The van der Waals surface area contributed by atoms with E-state index in [2.05, 4.69) is 60.7 Å². The van der Waals surface area contributed by atoms with Gasteiger partial charge in [-0.15, -0.1) is 0 Å². The van der Waals surface area contributed by atoms with Gasteiger partial charge in [0.05, 0.1) is 4.43 Å². The fraction of sp³-hybridized carbons (Fsp3) is 0.900. The smallest absolute Gasteiger partial charge is 0.244 e. The molecule has 0 aromatic rings. The largest absolute Gasteiger partial charge is 0.287 e. The van der Waals surface area contributed by atoms with Crippen LogP contribution in [0.15, 0.2) is 0 Å². The number of carbonyl (C=O) groups excluding carboxylic acids is 1. The Balaban J connectivity index is 2.76. The minimum Gasteiger partial charge on any atom is -0.287 e. The molecule has 14 heavy (non-hydrogen) atoms. The molecule has 1 N–H and O–H groups in total. The number of nitrogens with one attached hydrogen (secondary N) is 1. The summed E-state index contributed by atoms with van der Waals surface area (Å²) in [6.45, 7) is 8.70. The normalized spacial score (nSPS) is 24.9. The molecule has 1 rings (SSSR count). The van der Waals surface area contributed by atoms with Gasteiger partial charge in [0.15, 0.2) is 0 Å². The number of hydrazine groups is 1. The SMILES string of the molecule is CC1(C)CCC(C)(C)N1NC(=O)CI. The van der Waals surface area contributed by atoms with Gasteiger partial charge in [-0.25, -0.2) is 5.01 Å². The van der Waals surface area contributed by atoms with Gasteiger partial charge in [0.25, 0.3) is 0 Å². The van der Waals surface area contributed by atoms with Gasteiger partial charge in [0.2, 0.25) is 5.91 Å². The first-order valence-electron chi connectivity index (χ1n) is 4.95. The third-order valence-corrected chi connectivity index (χ3v) is 3.61. The average Bonchev–Trinajstić information content (AvgIpc) is 2.28. The van der Waals surface area contributed by atoms with Crippen LogP contribution in [-0.4, -0.2) is 26.4 Å². The van der Waals surface area contributed by atoms with Crippen molar-refractivity contribution in [2.24, 2.45) is 0 Å². The first kappa shape index (κ1) is 12.2. The van der Waals surface area contributed by atoms with Crippen molar-refractivity contribution in [3.63, 3.8) is 0 Å². The van der Waals surface area contributed by atoms with Crippen LogP contribution in [0, 0.1) is 0 Å². The van der Waals surface area contributed by atoms with E-state index in [1.807, 2.05) is 0 Å². The lowest BCUT2D eigenvalue weighted by atomic mass is 10.0. The monoisotopic (exact) mass is 310 g/mol. The van der Waals surface area contributed by atoms with Crippen molar-refractivity contribution in [1.29, 1.82) is 0 Å². The second-order valence-electron chi connectivity index (χ2n) is 5.13. The summed E-state index contributed by atoms with van der Waals surface area (Å²) in [5.41, 5.74) is 3.14. The standard InChI is InChI=1S/C10H19IN2O/c1-9(2)5-6-10(3,4)13(9)12-8(14)7-11/h5-7H2,1-4H3,(H,12,14). The Morgan fingerprint density at radius 1 is 1.29 bits per heavy atom. The highest BCUT2D eigenvalue weighted by molar-refractivity contribution is 14.1. The number of hydrogen-bond acceptors (Lipinski definition) is 2. The molecular formula is C10H19IN2O. The summed E-state index contributed by atoms with van der Waals surface area (Å²) in [5, 5.41) is 2.11. The van der Waals surface area contributed by atoms with Gasteiger partial charge in [-0.2, -0.15) is 0 Å². The molecule has 0 saturated carbocycles. The van der Waals surface area contributed by atoms with Crippen molar-refractivity contribution in [2.45, 2.75) is 51.6 Å². The maximum absolute atomic E-state index is 11.4. The van der Waals surface area contributed by atoms with Gasteiger partial charge in [-0.3, -0.25) is 10.2 Å². The molecule has 1 saturated heterocycles. The Labute approximate surface area is 99.7 Å². The van der Waals surface area contributed by atoms with Gasteiger partial charge in [0.1, 0.15) is 0 Å². The molecule has 3 nitrogen and oxygen atoms in total. The topological polar surface area (TPSA) is 32.3 Å². The van der Waals surface area contributed by atoms with Crippen molar-refractivity contribution >= 4 is 28.5 Å². The van der Waals surface area contributed by atoms with Crippen molar-refractivity contribution in [3.05, 3.63) is 0 Å². The van der Waals surface area contributed by atoms with E-state index < -0.39 is 0 Å². The molecule has 0 aromatic heterocycles. The van der Waals surface area contributed by atoms with Crippen LogP contribution in [0.5, 0.6) is 0 Å². The van der Waals surface area contributed by atoms with E-state index >= 15 is 0 Å². The summed E-state index contributed by atoms with van der Waals surface area (Å²) < 4.78 is 0.514. The van der Waals surface area contributed by atoms with Crippen LogP contribution < -0.4 is 5.43 Å². The molecular weight excluding hydrogens is 291 g/mol. The van der Waals surface area contributed by atoms with E-state index in [0.717, 1.165) is 12.8 Å². The molecule has 0 aromatic carbocycles. The highest BCUT2D eigenvalue weighted by Crippen LogP contribution is 2.38. The number of halogens is 1. The number of hydrogen-bond donors (Lipinski definition) is 1. The summed E-state index contributed by atoms with van der Waals surface area (Å²) in [5.74, 6) is 0.0913. The van der Waals surface area contributed by atoms with E-state index in [1.54, 1.807) is 0 Å². The summed E-state index contributed by atoms with van der Waals surface area (Å²) in [4.78, 5) is 11.4. The third-order valence-electron chi connectivity index (χ3n) is 2.92. The molecule has 0 aliphatic carbocycles. The molecule has 1 amide bonds. The van der Waals surface area contributed by atoms with E-state index in [-0.39, 0.29) is 17.0 Å².